The molecule has 2 N–H and O–H groups in total. The second-order valence-corrected chi connectivity index (χ2v) is 6.19. The van der Waals surface area contributed by atoms with Gasteiger partial charge in [0.25, 0.3) is 0 Å². The van der Waals surface area contributed by atoms with E-state index in [0.717, 1.165) is 12.4 Å². The second-order valence-electron chi connectivity index (χ2n) is 5.33. The number of anilines is 1. The Morgan fingerprint density at radius 1 is 1.24 bits per heavy atom. The van der Waals surface area contributed by atoms with Crippen LogP contribution >= 0.6 is 11.8 Å². The van der Waals surface area contributed by atoms with Gasteiger partial charge in [-0.15, -0.1) is 11.8 Å². The van der Waals surface area contributed by atoms with E-state index in [1.165, 1.54) is 49.3 Å². The molecule has 4 heteroatoms. The minimum atomic E-state index is 0.963. The largest absolute Gasteiger partial charge is 0.387 e. The van der Waals surface area contributed by atoms with Crippen LogP contribution in [-0.4, -0.2) is 32.6 Å². The lowest BCUT2D eigenvalue weighted by Gasteiger charge is -2.18. The molecule has 0 saturated carbocycles. The number of benzene rings is 1. The van der Waals surface area contributed by atoms with Crippen molar-refractivity contribution in [2.75, 3.05) is 37.5 Å². The Morgan fingerprint density at radius 3 is 2.57 bits per heavy atom. The highest BCUT2D eigenvalue weighted by atomic mass is 32.2. The monoisotopic (exact) mass is 305 g/mol. The Bertz CT molecular complexity index is 436. The van der Waals surface area contributed by atoms with E-state index < -0.39 is 0 Å². The molecule has 0 atom stereocenters. The van der Waals surface area contributed by atoms with Gasteiger partial charge < -0.3 is 15.5 Å². The molecule has 0 bridgehead atoms. The Kier molecular flexibility index (Phi) is 6.96. The lowest BCUT2D eigenvalue weighted by Crippen LogP contribution is -2.17. The molecule has 0 radical (unpaired) electrons. The van der Waals surface area contributed by atoms with Crippen LogP contribution in [0.3, 0.4) is 0 Å². The molecule has 1 saturated heterocycles. The Labute approximate surface area is 133 Å². The molecule has 3 nitrogen and oxygen atoms in total. The van der Waals surface area contributed by atoms with Gasteiger partial charge in [-0.1, -0.05) is 19.1 Å². The first-order chi connectivity index (χ1) is 10.3. The molecule has 1 aliphatic rings. The molecule has 0 spiro atoms. The van der Waals surface area contributed by atoms with Crippen LogP contribution in [0.2, 0.25) is 0 Å². The van der Waals surface area contributed by atoms with Crippen LogP contribution in [0.25, 0.3) is 5.70 Å². The van der Waals surface area contributed by atoms with E-state index >= 15 is 0 Å². The summed E-state index contributed by atoms with van der Waals surface area (Å²) < 4.78 is 0. The van der Waals surface area contributed by atoms with Crippen molar-refractivity contribution in [1.82, 2.24) is 10.6 Å². The lowest BCUT2D eigenvalue weighted by atomic mass is 10.1. The second kappa shape index (κ2) is 9.00. The van der Waals surface area contributed by atoms with Crippen LogP contribution in [0.5, 0.6) is 0 Å². The van der Waals surface area contributed by atoms with Crippen molar-refractivity contribution in [3.63, 3.8) is 0 Å². The number of nitrogens with zero attached hydrogens (tertiary/aromatic N) is 1. The topological polar surface area (TPSA) is 27.3 Å². The highest BCUT2D eigenvalue weighted by Gasteiger charge is 2.12. The summed E-state index contributed by atoms with van der Waals surface area (Å²) in [5.74, 6) is 0.963. The highest BCUT2D eigenvalue weighted by Crippen LogP contribution is 2.23. The lowest BCUT2D eigenvalue weighted by molar-refractivity contribution is 0.757. The van der Waals surface area contributed by atoms with Crippen LogP contribution in [0.1, 0.15) is 31.7 Å². The molecule has 21 heavy (non-hydrogen) atoms. The first-order valence-electron chi connectivity index (χ1n) is 7.90. The third-order valence-electron chi connectivity index (χ3n) is 3.73. The first kappa shape index (κ1) is 16.2. The molecule has 2 rings (SSSR count). The maximum atomic E-state index is 3.40. The SMILES string of the molecule is CCCNCS/C=C(\NC)c1ccc(N2CCCC2)cc1. The summed E-state index contributed by atoms with van der Waals surface area (Å²) in [4.78, 5) is 2.47. The number of thioether (sulfide) groups is 1. The van der Waals surface area contributed by atoms with Crippen molar-refractivity contribution in [3.8, 4) is 0 Å². The fourth-order valence-electron chi connectivity index (χ4n) is 2.53. The zero-order chi connectivity index (χ0) is 14.9. The maximum Gasteiger partial charge on any atom is 0.0475 e. The van der Waals surface area contributed by atoms with Gasteiger partial charge in [-0.25, -0.2) is 0 Å². The first-order valence-corrected chi connectivity index (χ1v) is 8.95. The van der Waals surface area contributed by atoms with Crippen molar-refractivity contribution >= 4 is 23.1 Å². The molecule has 1 aromatic carbocycles. The van der Waals surface area contributed by atoms with Crippen LogP contribution in [0.15, 0.2) is 29.7 Å². The van der Waals surface area contributed by atoms with Crippen molar-refractivity contribution < 1.29 is 0 Å². The summed E-state index contributed by atoms with van der Waals surface area (Å²) >= 11 is 1.80. The van der Waals surface area contributed by atoms with Gasteiger partial charge in [0.05, 0.1) is 0 Å². The van der Waals surface area contributed by atoms with E-state index in [-0.39, 0.29) is 0 Å². The summed E-state index contributed by atoms with van der Waals surface area (Å²) in [5.41, 5.74) is 3.79. The van der Waals surface area contributed by atoms with Crippen molar-refractivity contribution in [1.29, 1.82) is 0 Å². The van der Waals surface area contributed by atoms with E-state index in [4.69, 9.17) is 0 Å². The summed E-state index contributed by atoms with van der Waals surface area (Å²) in [5, 5.41) is 8.90. The third kappa shape index (κ3) is 4.97. The molecule has 1 heterocycles. The van der Waals surface area contributed by atoms with Crippen molar-refractivity contribution in [2.24, 2.45) is 0 Å². The number of hydrogen-bond donors (Lipinski definition) is 2. The van der Waals surface area contributed by atoms with E-state index in [0.29, 0.717) is 0 Å². The van der Waals surface area contributed by atoms with Crippen molar-refractivity contribution in [3.05, 3.63) is 35.2 Å². The van der Waals surface area contributed by atoms with Crippen LogP contribution < -0.4 is 15.5 Å². The molecule has 1 fully saturated rings. The summed E-state index contributed by atoms with van der Waals surface area (Å²) in [7, 11) is 1.99. The predicted octanol–water partition coefficient (Wildman–Crippen LogP) is 3.49. The molecule has 1 aromatic rings. The number of hydrogen-bond acceptors (Lipinski definition) is 4. The summed E-state index contributed by atoms with van der Waals surface area (Å²) in [6.45, 7) is 5.68. The van der Waals surface area contributed by atoms with Crippen molar-refractivity contribution in [2.45, 2.75) is 26.2 Å². The van der Waals surface area contributed by atoms with Gasteiger partial charge in [0, 0.05) is 37.4 Å². The standard InChI is InChI=1S/C17H27N3S/c1-3-10-19-14-21-13-17(18-2)15-6-8-16(9-7-15)20-11-4-5-12-20/h6-9,13,18-19H,3-5,10-12,14H2,1-2H3/b17-13-. The van der Waals surface area contributed by atoms with E-state index in [2.05, 4.69) is 52.1 Å². The van der Waals surface area contributed by atoms with Crippen LogP contribution in [-0.2, 0) is 0 Å². The molecule has 0 aliphatic carbocycles. The predicted molar refractivity (Wildman–Crippen MR) is 95.7 cm³/mol. The van der Waals surface area contributed by atoms with E-state index in [1.54, 1.807) is 11.8 Å². The van der Waals surface area contributed by atoms with Gasteiger partial charge in [-0.2, -0.15) is 0 Å². The normalized spacial score (nSPS) is 15.5. The van der Waals surface area contributed by atoms with E-state index in [9.17, 15) is 0 Å². The van der Waals surface area contributed by atoms with Crippen LogP contribution in [0.4, 0.5) is 5.69 Å². The van der Waals surface area contributed by atoms with Crippen LogP contribution in [0, 0.1) is 0 Å². The zero-order valence-electron chi connectivity index (χ0n) is 13.2. The van der Waals surface area contributed by atoms with Gasteiger partial charge in [0.2, 0.25) is 0 Å². The minimum Gasteiger partial charge on any atom is -0.387 e. The molecular formula is C17H27N3S. The molecular weight excluding hydrogens is 278 g/mol. The highest BCUT2D eigenvalue weighted by molar-refractivity contribution is 8.02. The summed E-state index contributed by atoms with van der Waals surface area (Å²) in [6.07, 6.45) is 3.83. The van der Waals surface area contributed by atoms with Gasteiger partial charge in [0.15, 0.2) is 0 Å². The van der Waals surface area contributed by atoms with Gasteiger partial charge >= 0.3 is 0 Å². The number of rotatable bonds is 8. The Hall–Kier alpha value is -1.13. The Morgan fingerprint density at radius 2 is 1.95 bits per heavy atom. The summed E-state index contributed by atoms with van der Waals surface area (Å²) in [6, 6.07) is 8.92. The minimum absolute atomic E-state index is 0.963. The molecule has 1 aliphatic heterocycles. The van der Waals surface area contributed by atoms with Gasteiger partial charge in [0.1, 0.15) is 0 Å². The average Bonchev–Trinajstić information content (AvgIpc) is 3.06. The average molecular weight is 305 g/mol. The van der Waals surface area contributed by atoms with Gasteiger partial charge in [-0.05, 0) is 48.9 Å². The fraction of sp³-hybridized carbons (Fsp3) is 0.529. The molecule has 116 valence electrons. The number of nitrogens with one attached hydrogen (secondary N) is 2. The zero-order valence-corrected chi connectivity index (χ0v) is 14.0. The molecule has 0 aromatic heterocycles. The smallest absolute Gasteiger partial charge is 0.0475 e. The molecule has 0 unspecified atom stereocenters. The quantitative estimate of drug-likeness (QED) is 0.568. The maximum absolute atomic E-state index is 3.40. The third-order valence-corrected chi connectivity index (χ3v) is 4.51. The van der Waals surface area contributed by atoms with E-state index in [1.807, 2.05) is 7.05 Å². The van der Waals surface area contributed by atoms with Gasteiger partial charge in [-0.3, -0.25) is 0 Å². The Balaban J connectivity index is 1.92. The fourth-order valence-corrected chi connectivity index (χ4v) is 3.30. The molecule has 0 amide bonds.